The van der Waals surface area contributed by atoms with E-state index in [1.165, 1.54) is 17.3 Å². The maximum absolute atomic E-state index is 11.5. The van der Waals surface area contributed by atoms with E-state index in [4.69, 9.17) is 9.47 Å². The molecule has 0 radical (unpaired) electrons. The molecular weight excluding hydrogens is 350 g/mol. The van der Waals surface area contributed by atoms with Gasteiger partial charge in [-0.1, -0.05) is 44.7 Å². The van der Waals surface area contributed by atoms with Gasteiger partial charge in [-0.15, -0.1) is 10.2 Å². The minimum absolute atomic E-state index is 0.117. The number of nitrogens with zero attached hydrogens (tertiary/aromatic N) is 3. The van der Waals surface area contributed by atoms with Crippen molar-refractivity contribution >= 4 is 17.7 Å². The summed E-state index contributed by atoms with van der Waals surface area (Å²) >= 11 is 1.33. The van der Waals surface area contributed by atoms with Gasteiger partial charge in [0.05, 0.1) is 12.4 Å². The molecule has 0 atom stereocenters. The predicted molar refractivity (Wildman–Crippen MR) is 103 cm³/mol. The normalized spacial score (nSPS) is 11.4. The minimum Gasteiger partial charge on any atom is -0.486 e. The number of thioether (sulfide) groups is 1. The first-order valence-corrected chi connectivity index (χ1v) is 9.77. The van der Waals surface area contributed by atoms with E-state index in [2.05, 4.69) is 43.1 Å². The van der Waals surface area contributed by atoms with Gasteiger partial charge in [-0.2, -0.15) is 0 Å². The highest BCUT2D eigenvalue weighted by Crippen LogP contribution is 2.25. The Balaban J connectivity index is 1.98. The zero-order valence-electron chi connectivity index (χ0n) is 16.1. The zero-order valence-corrected chi connectivity index (χ0v) is 16.9. The molecule has 6 nitrogen and oxygen atoms in total. The first kappa shape index (κ1) is 20.3. The maximum Gasteiger partial charge on any atom is 0.316 e. The van der Waals surface area contributed by atoms with E-state index in [-0.39, 0.29) is 17.1 Å². The first-order valence-electron chi connectivity index (χ1n) is 8.79. The number of carbonyl (C=O) groups is 1. The van der Waals surface area contributed by atoms with Crippen molar-refractivity contribution < 1.29 is 14.3 Å². The Hall–Kier alpha value is -2.02. The average Bonchev–Trinajstić information content (AvgIpc) is 3.00. The van der Waals surface area contributed by atoms with Gasteiger partial charge in [-0.05, 0) is 37.0 Å². The molecule has 142 valence electrons. The van der Waals surface area contributed by atoms with E-state index in [0.717, 1.165) is 11.6 Å². The minimum atomic E-state index is -0.250. The number of aromatic nitrogens is 3. The smallest absolute Gasteiger partial charge is 0.316 e. The third-order valence-corrected chi connectivity index (χ3v) is 4.76. The van der Waals surface area contributed by atoms with E-state index >= 15 is 0 Å². The van der Waals surface area contributed by atoms with Gasteiger partial charge in [0, 0.05) is 6.54 Å². The lowest BCUT2D eigenvalue weighted by Crippen LogP contribution is -2.11. The van der Waals surface area contributed by atoms with Crippen molar-refractivity contribution in [1.82, 2.24) is 14.8 Å². The van der Waals surface area contributed by atoms with Gasteiger partial charge in [0.25, 0.3) is 0 Å². The monoisotopic (exact) mass is 377 g/mol. The van der Waals surface area contributed by atoms with Gasteiger partial charge in [0.15, 0.2) is 11.0 Å². The Morgan fingerprint density at radius 3 is 2.42 bits per heavy atom. The second-order valence-electron chi connectivity index (χ2n) is 6.80. The van der Waals surface area contributed by atoms with Crippen molar-refractivity contribution in [3.63, 3.8) is 0 Å². The second-order valence-corrected chi connectivity index (χ2v) is 7.74. The van der Waals surface area contributed by atoms with Gasteiger partial charge in [-0.25, -0.2) is 0 Å². The van der Waals surface area contributed by atoms with Gasteiger partial charge in [0.1, 0.15) is 12.4 Å². The summed E-state index contributed by atoms with van der Waals surface area (Å²) < 4.78 is 12.7. The summed E-state index contributed by atoms with van der Waals surface area (Å²) in [6.07, 6.45) is 0. The molecule has 1 aromatic heterocycles. The Morgan fingerprint density at radius 2 is 1.85 bits per heavy atom. The molecule has 2 rings (SSSR count). The Morgan fingerprint density at radius 1 is 1.15 bits per heavy atom. The summed E-state index contributed by atoms with van der Waals surface area (Å²) in [7, 11) is 0. The number of hydrogen-bond acceptors (Lipinski definition) is 6. The molecular formula is C19H27N3O3S. The highest BCUT2D eigenvalue weighted by atomic mass is 32.2. The molecule has 0 aliphatic rings. The van der Waals surface area contributed by atoms with Crippen LogP contribution in [0.3, 0.4) is 0 Å². The number of carbonyl (C=O) groups excluding carboxylic acids is 1. The second kappa shape index (κ2) is 9.07. The molecule has 0 aliphatic carbocycles. The topological polar surface area (TPSA) is 66.2 Å². The molecule has 1 heterocycles. The maximum atomic E-state index is 11.5. The van der Waals surface area contributed by atoms with Crippen LogP contribution in [0.1, 0.15) is 46.0 Å². The lowest BCUT2D eigenvalue weighted by Gasteiger charge is -2.19. The lowest BCUT2D eigenvalue weighted by molar-refractivity contribution is -0.139. The van der Waals surface area contributed by atoms with E-state index < -0.39 is 0 Å². The lowest BCUT2D eigenvalue weighted by atomic mass is 9.87. The highest BCUT2D eigenvalue weighted by Gasteiger charge is 2.15. The Kier molecular flexibility index (Phi) is 7.08. The van der Waals surface area contributed by atoms with Crippen LogP contribution in [0, 0.1) is 0 Å². The number of benzene rings is 1. The summed E-state index contributed by atoms with van der Waals surface area (Å²) in [5.41, 5.74) is 1.38. The molecule has 0 bridgehead atoms. The van der Waals surface area contributed by atoms with E-state index in [1.807, 2.05) is 23.6 Å². The number of rotatable bonds is 8. The standard InChI is InChI=1S/C19H27N3O3S/c1-6-22-16(20-21-18(22)26-13-17(23)24-7-2)12-25-15-10-8-14(9-11-15)19(3,4)5/h8-11H,6-7,12-13H2,1-5H3. The average molecular weight is 378 g/mol. The molecule has 0 spiro atoms. The van der Waals surface area contributed by atoms with Gasteiger partial charge >= 0.3 is 5.97 Å². The van der Waals surface area contributed by atoms with Crippen LogP contribution in [-0.2, 0) is 28.1 Å². The van der Waals surface area contributed by atoms with Crippen molar-refractivity contribution in [1.29, 1.82) is 0 Å². The summed E-state index contributed by atoms with van der Waals surface area (Å²) in [6, 6.07) is 8.12. The van der Waals surface area contributed by atoms with Crippen LogP contribution < -0.4 is 4.74 Å². The van der Waals surface area contributed by atoms with Crippen LogP contribution in [0.5, 0.6) is 5.75 Å². The number of hydrogen-bond donors (Lipinski definition) is 0. The summed E-state index contributed by atoms with van der Waals surface area (Å²) in [6.45, 7) is 11.8. The molecule has 0 aliphatic heterocycles. The van der Waals surface area contributed by atoms with E-state index in [9.17, 15) is 4.79 Å². The quantitative estimate of drug-likeness (QED) is 0.514. The van der Waals surface area contributed by atoms with Crippen LogP contribution in [0.4, 0.5) is 0 Å². The predicted octanol–water partition coefficient (Wildman–Crippen LogP) is 3.83. The van der Waals surface area contributed by atoms with Gasteiger partial charge in [-0.3, -0.25) is 4.79 Å². The molecule has 0 N–H and O–H groups in total. The van der Waals surface area contributed by atoms with Gasteiger partial charge < -0.3 is 14.0 Å². The van der Waals surface area contributed by atoms with Gasteiger partial charge in [0.2, 0.25) is 0 Å². The van der Waals surface area contributed by atoms with Crippen molar-refractivity contribution in [2.75, 3.05) is 12.4 Å². The Labute approximate surface area is 159 Å². The fraction of sp³-hybridized carbons (Fsp3) is 0.526. The number of ether oxygens (including phenoxy) is 2. The fourth-order valence-electron chi connectivity index (χ4n) is 2.38. The van der Waals surface area contributed by atoms with Crippen LogP contribution in [0.15, 0.2) is 29.4 Å². The SMILES string of the molecule is CCOC(=O)CSc1nnc(COc2ccc(C(C)(C)C)cc2)n1CC. The molecule has 0 unspecified atom stereocenters. The Bertz CT molecular complexity index is 721. The van der Waals surface area contributed by atoms with E-state index in [1.54, 1.807) is 6.92 Å². The molecule has 0 saturated heterocycles. The van der Waals surface area contributed by atoms with Crippen molar-refractivity contribution in [2.45, 2.75) is 58.3 Å². The van der Waals surface area contributed by atoms with Crippen molar-refractivity contribution in [3.05, 3.63) is 35.7 Å². The zero-order chi connectivity index (χ0) is 19.2. The first-order chi connectivity index (χ1) is 12.3. The molecule has 0 amide bonds. The van der Waals surface area contributed by atoms with Crippen LogP contribution in [0.2, 0.25) is 0 Å². The third kappa shape index (κ3) is 5.49. The van der Waals surface area contributed by atoms with Crippen LogP contribution >= 0.6 is 11.8 Å². The summed E-state index contributed by atoms with van der Waals surface area (Å²) in [5, 5.41) is 9.06. The molecule has 2 aromatic rings. The fourth-order valence-corrected chi connectivity index (χ4v) is 3.19. The van der Waals surface area contributed by atoms with Crippen LogP contribution in [-0.4, -0.2) is 33.1 Å². The van der Waals surface area contributed by atoms with E-state index in [0.29, 0.717) is 24.9 Å². The highest BCUT2D eigenvalue weighted by molar-refractivity contribution is 7.99. The summed E-state index contributed by atoms with van der Waals surface area (Å²) in [5.74, 6) is 1.50. The largest absolute Gasteiger partial charge is 0.486 e. The molecule has 0 fully saturated rings. The van der Waals surface area contributed by atoms with Crippen molar-refractivity contribution in [3.8, 4) is 5.75 Å². The molecule has 26 heavy (non-hydrogen) atoms. The van der Waals surface area contributed by atoms with Crippen molar-refractivity contribution in [2.24, 2.45) is 0 Å². The molecule has 7 heteroatoms. The summed E-state index contributed by atoms with van der Waals surface area (Å²) in [4.78, 5) is 11.5. The molecule has 0 saturated carbocycles. The molecule has 1 aromatic carbocycles. The van der Waals surface area contributed by atoms with Crippen LogP contribution in [0.25, 0.3) is 0 Å². The third-order valence-electron chi connectivity index (χ3n) is 3.82. The number of esters is 1.